The highest BCUT2D eigenvalue weighted by molar-refractivity contribution is 6.32. The summed E-state index contributed by atoms with van der Waals surface area (Å²) in [5.41, 5.74) is 6.58. The zero-order valence-electron chi connectivity index (χ0n) is 8.38. The third-order valence-corrected chi connectivity index (χ3v) is 2.68. The molecule has 84 valence electrons. The first-order valence-corrected chi connectivity index (χ1v) is 4.87. The highest BCUT2D eigenvalue weighted by atomic mass is 35.5. The van der Waals surface area contributed by atoms with Crippen LogP contribution in [0.2, 0.25) is 5.02 Å². The van der Waals surface area contributed by atoms with E-state index < -0.39 is 5.82 Å². The second-order valence-corrected chi connectivity index (χ2v) is 3.79. The van der Waals surface area contributed by atoms with E-state index in [1.807, 2.05) is 0 Å². The zero-order valence-corrected chi connectivity index (χ0v) is 9.14. The van der Waals surface area contributed by atoms with Gasteiger partial charge >= 0.3 is 0 Å². The second kappa shape index (κ2) is 3.68. The van der Waals surface area contributed by atoms with Gasteiger partial charge in [-0.3, -0.25) is 5.10 Å². The van der Waals surface area contributed by atoms with E-state index in [9.17, 15) is 9.50 Å². The van der Waals surface area contributed by atoms with Crippen LogP contribution < -0.4 is 5.73 Å². The van der Waals surface area contributed by atoms with Gasteiger partial charge in [-0.2, -0.15) is 5.10 Å². The Morgan fingerprint density at radius 3 is 2.81 bits per heavy atom. The van der Waals surface area contributed by atoms with Gasteiger partial charge in [-0.15, -0.1) is 0 Å². The standard InChI is InChI=1S/C10H9ClFN3O/c1-4-7(12)2-6(11)9(16)8(4)5-3-14-15-10(5)13/h2-3,16H,1H3,(H3,13,14,15). The minimum absolute atomic E-state index is 0.0568. The van der Waals surface area contributed by atoms with Gasteiger partial charge in [-0.05, 0) is 18.6 Å². The highest BCUT2D eigenvalue weighted by Crippen LogP contribution is 2.40. The molecule has 0 radical (unpaired) electrons. The minimum atomic E-state index is -0.501. The van der Waals surface area contributed by atoms with Gasteiger partial charge in [0.1, 0.15) is 17.4 Å². The van der Waals surface area contributed by atoms with Crippen LogP contribution in [0.25, 0.3) is 11.1 Å². The number of aromatic nitrogens is 2. The molecule has 1 aromatic carbocycles. The summed E-state index contributed by atoms with van der Waals surface area (Å²) in [7, 11) is 0. The Morgan fingerprint density at radius 2 is 2.25 bits per heavy atom. The number of hydrogen-bond acceptors (Lipinski definition) is 3. The van der Waals surface area contributed by atoms with E-state index >= 15 is 0 Å². The average Bonchev–Trinajstić information content (AvgIpc) is 2.63. The number of rotatable bonds is 1. The molecule has 0 aliphatic heterocycles. The fourth-order valence-corrected chi connectivity index (χ4v) is 1.72. The van der Waals surface area contributed by atoms with E-state index in [2.05, 4.69) is 10.2 Å². The first kappa shape index (κ1) is 10.8. The van der Waals surface area contributed by atoms with Gasteiger partial charge < -0.3 is 10.8 Å². The first-order chi connectivity index (χ1) is 7.52. The quantitative estimate of drug-likeness (QED) is 0.718. The molecule has 1 aromatic heterocycles. The Hall–Kier alpha value is -1.75. The maximum absolute atomic E-state index is 13.5. The lowest BCUT2D eigenvalue weighted by Crippen LogP contribution is -1.93. The van der Waals surface area contributed by atoms with Gasteiger partial charge in [0.05, 0.1) is 11.2 Å². The van der Waals surface area contributed by atoms with Crippen LogP contribution in [0.4, 0.5) is 10.2 Å². The average molecular weight is 242 g/mol. The third-order valence-electron chi connectivity index (χ3n) is 2.39. The van der Waals surface area contributed by atoms with Gasteiger partial charge in [0, 0.05) is 11.1 Å². The van der Waals surface area contributed by atoms with Crippen molar-refractivity contribution in [1.29, 1.82) is 0 Å². The lowest BCUT2D eigenvalue weighted by atomic mass is 10.0. The second-order valence-electron chi connectivity index (χ2n) is 3.39. The molecule has 0 saturated heterocycles. The zero-order chi connectivity index (χ0) is 11.9. The van der Waals surface area contributed by atoms with Crippen LogP contribution in [0, 0.1) is 12.7 Å². The molecule has 0 atom stereocenters. The monoisotopic (exact) mass is 241 g/mol. The summed E-state index contributed by atoms with van der Waals surface area (Å²) in [6.07, 6.45) is 1.41. The van der Waals surface area contributed by atoms with Crippen molar-refractivity contribution < 1.29 is 9.50 Å². The molecule has 4 N–H and O–H groups in total. The number of nitrogens with two attached hydrogens (primary N) is 1. The number of benzene rings is 1. The van der Waals surface area contributed by atoms with Crippen LogP contribution >= 0.6 is 11.6 Å². The fourth-order valence-electron chi connectivity index (χ4n) is 1.53. The summed E-state index contributed by atoms with van der Waals surface area (Å²) in [5, 5.41) is 16.0. The van der Waals surface area contributed by atoms with E-state index in [1.54, 1.807) is 0 Å². The Labute approximate surface area is 95.9 Å². The number of nitrogens with one attached hydrogen (secondary N) is 1. The number of aromatic hydroxyl groups is 1. The number of phenols is 1. The van der Waals surface area contributed by atoms with Crippen LogP contribution in [0.15, 0.2) is 12.3 Å². The van der Waals surface area contributed by atoms with Crippen molar-refractivity contribution in [3.63, 3.8) is 0 Å². The highest BCUT2D eigenvalue weighted by Gasteiger charge is 2.18. The van der Waals surface area contributed by atoms with Crippen molar-refractivity contribution >= 4 is 17.4 Å². The Kier molecular flexibility index (Phi) is 2.47. The van der Waals surface area contributed by atoms with E-state index in [0.29, 0.717) is 5.56 Å². The molecule has 2 rings (SSSR count). The number of nitrogens with zero attached hydrogens (tertiary/aromatic N) is 1. The van der Waals surface area contributed by atoms with Crippen molar-refractivity contribution in [3.8, 4) is 16.9 Å². The SMILES string of the molecule is Cc1c(F)cc(Cl)c(O)c1-c1cn[nH]c1N. The minimum Gasteiger partial charge on any atom is -0.506 e. The van der Waals surface area contributed by atoms with Crippen molar-refractivity contribution in [3.05, 3.63) is 28.7 Å². The fraction of sp³-hybridized carbons (Fsp3) is 0.100. The van der Waals surface area contributed by atoms with Crippen molar-refractivity contribution in [2.45, 2.75) is 6.92 Å². The number of halogens is 2. The molecule has 2 aromatic rings. The van der Waals surface area contributed by atoms with Gasteiger partial charge in [0.15, 0.2) is 0 Å². The van der Waals surface area contributed by atoms with Crippen LogP contribution in [-0.4, -0.2) is 15.3 Å². The molecule has 1 heterocycles. The summed E-state index contributed by atoms with van der Waals surface area (Å²) in [6, 6.07) is 1.06. The van der Waals surface area contributed by atoms with Gasteiger partial charge in [-0.25, -0.2) is 4.39 Å². The van der Waals surface area contributed by atoms with Crippen molar-refractivity contribution in [2.75, 3.05) is 5.73 Å². The maximum Gasteiger partial charge on any atom is 0.142 e. The van der Waals surface area contributed by atoms with Crippen LogP contribution in [-0.2, 0) is 0 Å². The molecular formula is C10H9ClFN3O. The number of phenolic OH excluding ortho intramolecular Hbond substituents is 1. The molecule has 0 spiro atoms. The Morgan fingerprint density at radius 1 is 1.56 bits per heavy atom. The molecule has 16 heavy (non-hydrogen) atoms. The summed E-state index contributed by atoms with van der Waals surface area (Å²) in [6.45, 7) is 1.53. The van der Waals surface area contributed by atoms with Crippen molar-refractivity contribution in [1.82, 2.24) is 10.2 Å². The largest absolute Gasteiger partial charge is 0.506 e. The summed E-state index contributed by atoms with van der Waals surface area (Å²) < 4.78 is 13.5. The molecule has 0 unspecified atom stereocenters. The molecule has 4 nitrogen and oxygen atoms in total. The molecule has 0 bridgehead atoms. The Bertz CT molecular complexity index is 527. The Balaban J connectivity index is 2.79. The maximum atomic E-state index is 13.5. The van der Waals surface area contributed by atoms with Gasteiger partial charge in [-0.1, -0.05) is 11.6 Å². The number of aromatic amines is 1. The lowest BCUT2D eigenvalue weighted by molar-refractivity contribution is 0.474. The normalized spacial score (nSPS) is 10.7. The number of H-pyrrole nitrogens is 1. The topological polar surface area (TPSA) is 74.9 Å². The number of nitrogen functional groups attached to an aromatic ring is 1. The number of anilines is 1. The van der Waals surface area contributed by atoms with Crippen molar-refractivity contribution in [2.24, 2.45) is 0 Å². The summed E-state index contributed by atoms with van der Waals surface area (Å²) in [5.74, 6) is -0.452. The molecular weight excluding hydrogens is 233 g/mol. The van der Waals surface area contributed by atoms with E-state index in [4.69, 9.17) is 17.3 Å². The predicted molar refractivity (Wildman–Crippen MR) is 59.8 cm³/mol. The van der Waals surface area contributed by atoms with E-state index in [-0.39, 0.29) is 27.7 Å². The molecule has 0 aliphatic carbocycles. The predicted octanol–water partition coefficient (Wildman–Crippen LogP) is 2.47. The first-order valence-electron chi connectivity index (χ1n) is 4.49. The van der Waals surface area contributed by atoms with Gasteiger partial charge in [0.25, 0.3) is 0 Å². The van der Waals surface area contributed by atoms with Crippen LogP contribution in [0.5, 0.6) is 5.75 Å². The smallest absolute Gasteiger partial charge is 0.142 e. The molecule has 6 heteroatoms. The van der Waals surface area contributed by atoms with Gasteiger partial charge in [0.2, 0.25) is 0 Å². The number of hydrogen-bond donors (Lipinski definition) is 3. The molecule has 0 saturated carbocycles. The van der Waals surface area contributed by atoms with Crippen LogP contribution in [0.3, 0.4) is 0 Å². The molecule has 0 amide bonds. The molecule has 0 fully saturated rings. The summed E-state index contributed by atoms with van der Waals surface area (Å²) >= 11 is 5.70. The third kappa shape index (κ3) is 1.49. The van der Waals surface area contributed by atoms with E-state index in [0.717, 1.165) is 6.07 Å². The molecule has 0 aliphatic rings. The lowest BCUT2D eigenvalue weighted by Gasteiger charge is -2.09. The van der Waals surface area contributed by atoms with E-state index in [1.165, 1.54) is 13.1 Å². The summed E-state index contributed by atoms with van der Waals surface area (Å²) in [4.78, 5) is 0. The van der Waals surface area contributed by atoms with Crippen LogP contribution in [0.1, 0.15) is 5.56 Å².